The van der Waals surface area contributed by atoms with Crippen molar-refractivity contribution in [1.29, 1.82) is 0 Å². The van der Waals surface area contributed by atoms with Crippen LogP contribution in [-0.4, -0.2) is 81.7 Å². The molecule has 2 amide bonds. The van der Waals surface area contributed by atoms with E-state index in [4.69, 9.17) is 11.5 Å². The number of hydrogen-bond donors (Lipinski definition) is 7. The van der Waals surface area contributed by atoms with E-state index in [0.29, 0.717) is 24.1 Å². The molecule has 0 radical (unpaired) electrons. The van der Waals surface area contributed by atoms with Crippen molar-refractivity contribution in [2.24, 2.45) is 34.2 Å². The van der Waals surface area contributed by atoms with Gasteiger partial charge in [0, 0.05) is 25.2 Å². The van der Waals surface area contributed by atoms with E-state index in [1.54, 1.807) is 17.2 Å². The summed E-state index contributed by atoms with van der Waals surface area (Å²) in [5.74, 6) is 1.26. The first kappa shape index (κ1) is 25.8. The Kier molecular flexibility index (Phi) is 6.60. The van der Waals surface area contributed by atoms with E-state index in [0.717, 1.165) is 24.8 Å². The fourth-order valence-electron chi connectivity index (χ4n) is 7.73. The minimum atomic E-state index is -1.11. The van der Waals surface area contributed by atoms with Gasteiger partial charge in [-0.1, -0.05) is 38.2 Å². The molecule has 1 aromatic heterocycles. The van der Waals surface area contributed by atoms with Gasteiger partial charge in [-0.3, -0.25) is 25.3 Å². The molecule has 1 aromatic rings. The minimum absolute atomic E-state index is 0.0159. The molecule has 2 aliphatic carbocycles. The monoisotopic (exact) mass is 538 g/mol. The molecule has 3 aliphatic heterocycles. The molecule has 1 saturated heterocycles. The Balaban J connectivity index is 1.18. The van der Waals surface area contributed by atoms with E-state index in [2.05, 4.69) is 30.9 Å². The number of amides is 2. The molecule has 5 aliphatic rings. The third-order valence-electron chi connectivity index (χ3n) is 9.59. The van der Waals surface area contributed by atoms with E-state index in [9.17, 15) is 14.7 Å². The molecular formula is C27H40N9O3+. The van der Waals surface area contributed by atoms with Crippen molar-refractivity contribution >= 4 is 23.7 Å². The van der Waals surface area contributed by atoms with E-state index in [1.165, 1.54) is 25.7 Å². The summed E-state index contributed by atoms with van der Waals surface area (Å²) in [6.07, 6.45) is 8.58. The predicted molar refractivity (Wildman–Crippen MR) is 144 cm³/mol. The first-order valence-corrected chi connectivity index (χ1v) is 14.2. The summed E-state index contributed by atoms with van der Waals surface area (Å²) in [7, 11) is 0. The number of guanidine groups is 2. The van der Waals surface area contributed by atoms with Gasteiger partial charge >= 0.3 is 5.96 Å². The summed E-state index contributed by atoms with van der Waals surface area (Å²) in [4.78, 5) is 40.1. The van der Waals surface area contributed by atoms with E-state index in [1.807, 2.05) is 13.0 Å². The summed E-state index contributed by atoms with van der Waals surface area (Å²) in [6, 6.07) is 1.93. The highest BCUT2D eigenvalue weighted by Gasteiger charge is 2.68. The molecule has 9 N–H and O–H groups in total. The second-order valence-corrected chi connectivity index (χ2v) is 11.9. The number of aliphatic hydroxyl groups excluding tert-OH is 1. The van der Waals surface area contributed by atoms with E-state index in [-0.39, 0.29) is 36.2 Å². The number of nitrogens with zero attached hydrogens (tertiary/aromatic N) is 3. The first-order valence-electron chi connectivity index (χ1n) is 14.2. The van der Waals surface area contributed by atoms with Crippen molar-refractivity contribution in [2.45, 2.75) is 81.8 Å². The van der Waals surface area contributed by atoms with Crippen LogP contribution in [-0.2, 0) is 4.79 Å². The third-order valence-corrected chi connectivity index (χ3v) is 9.59. The summed E-state index contributed by atoms with van der Waals surface area (Å²) < 4.78 is 0. The maximum atomic E-state index is 13.6. The zero-order valence-electron chi connectivity index (χ0n) is 22.4. The number of aliphatic imine (C=N–C) groups is 1. The lowest BCUT2D eigenvalue weighted by Gasteiger charge is -2.43. The largest absolute Gasteiger partial charge is 0.385 e. The van der Waals surface area contributed by atoms with Gasteiger partial charge in [-0.15, -0.1) is 0 Å². The fraction of sp³-hybridized carbons (Fsp3) is 0.667. The molecule has 3 fully saturated rings. The Morgan fingerprint density at radius 1 is 1.21 bits per heavy atom. The predicted octanol–water partition coefficient (Wildman–Crippen LogP) is -2.35. The Labute approximate surface area is 228 Å². The van der Waals surface area contributed by atoms with E-state index < -0.39 is 29.9 Å². The van der Waals surface area contributed by atoms with Crippen LogP contribution in [0.1, 0.15) is 61.0 Å². The number of pyridine rings is 1. The van der Waals surface area contributed by atoms with Gasteiger partial charge in [0.1, 0.15) is 17.8 Å². The fourth-order valence-corrected chi connectivity index (χ4v) is 7.73. The van der Waals surface area contributed by atoms with Crippen LogP contribution >= 0.6 is 0 Å². The Morgan fingerprint density at radius 3 is 2.79 bits per heavy atom. The molecule has 0 bridgehead atoms. The van der Waals surface area contributed by atoms with Crippen LogP contribution in [0.3, 0.4) is 0 Å². The molecule has 12 nitrogen and oxygen atoms in total. The smallest absolute Gasteiger partial charge is 0.343 e. The van der Waals surface area contributed by atoms with Crippen LogP contribution in [0.4, 0.5) is 0 Å². The van der Waals surface area contributed by atoms with Gasteiger partial charge in [0.05, 0.1) is 6.04 Å². The zero-order valence-corrected chi connectivity index (χ0v) is 22.4. The number of nitrogens with one attached hydrogen (secondary N) is 4. The topological polar surface area (TPSA) is 185 Å². The molecule has 12 heteroatoms. The second kappa shape index (κ2) is 9.96. The van der Waals surface area contributed by atoms with Crippen LogP contribution in [0.25, 0.3) is 0 Å². The van der Waals surface area contributed by atoms with Crippen LogP contribution in [0.5, 0.6) is 0 Å². The van der Waals surface area contributed by atoms with Gasteiger partial charge in [-0.25, -0.2) is 10.3 Å². The molecule has 8 atom stereocenters. The molecule has 4 heterocycles. The third kappa shape index (κ3) is 4.38. The lowest BCUT2D eigenvalue weighted by molar-refractivity contribution is -0.513. The van der Waals surface area contributed by atoms with Crippen LogP contribution in [0.2, 0.25) is 0 Å². The van der Waals surface area contributed by atoms with Gasteiger partial charge in [0.15, 0.2) is 12.0 Å². The average Bonchev–Trinajstić information content (AvgIpc) is 3.43. The number of hydrogen-bond acceptors (Lipinski definition) is 9. The molecule has 39 heavy (non-hydrogen) atoms. The number of aryl methyl sites for hydroxylation is 1. The summed E-state index contributed by atoms with van der Waals surface area (Å²) >= 11 is 0. The Bertz CT molecular complexity index is 1190. The SMILES string of the molecule is Cc1ccc(C(=O)NC[C@@H]2N=C(N)N3CC(NC(=O)C4CCCC5CCCCC54)[C@@H](O)C34NC(N)=[NH+][C@@H]24)nc1. The highest BCUT2D eigenvalue weighted by molar-refractivity contribution is 5.92. The highest BCUT2D eigenvalue weighted by Crippen LogP contribution is 2.44. The van der Waals surface area contributed by atoms with Gasteiger partial charge in [-0.05, 0) is 43.2 Å². The second-order valence-electron chi connectivity index (χ2n) is 11.9. The van der Waals surface area contributed by atoms with Crippen LogP contribution in [0, 0.1) is 24.7 Å². The summed E-state index contributed by atoms with van der Waals surface area (Å²) in [5, 5.41) is 21.0. The van der Waals surface area contributed by atoms with Crippen molar-refractivity contribution < 1.29 is 19.7 Å². The Morgan fingerprint density at radius 2 is 2.00 bits per heavy atom. The molecular weight excluding hydrogens is 498 g/mol. The molecule has 0 aromatic carbocycles. The lowest BCUT2D eigenvalue weighted by atomic mass is 9.65. The standard InChI is InChI=1S/C27H39N9O3/c1-14-9-10-18(30-11-14)24(39)31-12-19-21-27(35-25(28)34-21)22(37)20(13-36(27)26(29)33-19)32-23(38)17-8-4-6-15-5-2-3-7-16(15)17/h9-11,15-17,19-22,37H,2-8,12-13H2,1H3,(H2,29,33)(H,31,39)(H,32,38)(H3,28,34,35)/p+1/t15?,16?,17?,19-,20?,21-,22+,27?/m0/s1. The Hall–Kier alpha value is -3.41. The zero-order chi connectivity index (χ0) is 27.3. The van der Waals surface area contributed by atoms with Gasteiger partial charge in [-0.2, -0.15) is 0 Å². The molecule has 1 spiro atoms. The van der Waals surface area contributed by atoms with Crippen LogP contribution < -0.4 is 32.4 Å². The van der Waals surface area contributed by atoms with Crippen LogP contribution in [0.15, 0.2) is 23.3 Å². The van der Waals surface area contributed by atoms with Crippen molar-refractivity contribution in [2.75, 3.05) is 13.1 Å². The number of nitrogens with two attached hydrogens (primary N) is 2. The first-order chi connectivity index (χ1) is 18.8. The average molecular weight is 539 g/mol. The maximum absolute atomic E-state index is 13.6. The number of aromatic nitrogens is 1. The minimum Gasteiger partial charge on any atom is -0.385 e. The number of carbonyl (C=O) groups is 2. The highest BCUT2D eigenvalue weighted by atomic mass is 16.3. The van der Waals surface area contributed by atoms with E-state index >= 15 is 0 Å². The summed E-state index contributed by atoms with van der Waals surface area (Å²) in [5.41, 5.74) is 12.8. The van der Waals surface area contributed by atoms with Gasteiger partial charge in [0.25, 0.3) is 5.91 Å². The number of fused-ring (bicyclic) bond motifs is 1. The molecule has 210 valence electrons. The normalized spacial score (nSPS) is 37.0. The van der Waals surface area contributed by atoms with Crippen molar-refractivity contribution in [1.82, 2.24) is 25.8 Å². The number of rotatable bonds is 5. The number of carbonyl (C=O) groups excluding carboxylic acids is 2. The summed E-state index contributed by atoms with van der Waals surface area (Å²) in [6.45, 7) is 2.36. The van der Waals surface area contributed by atoms with Crippen molar-refractivity contribution in [3.05, 3.63) is 29.6 Å². The molecule has 5 unspecified atom stereocenters. The molecule has 6 rings (SSSR count). The van der Waals surface area contributed by atoms with Crippen molar-refractivity contribution in [3.63, 3.8) is 0 Å². The number of aliphatic hydroxyl groups is 1. The molecule has 2 saturated carbocycles. The maximum Gasteiger partial charge on any atom is 0.343 e. The van der Waals surface area contributed by atoms with Gasteiger partial charge < -0.3 is 26.4 Å². The lowest BCUT2D eigenvalue weighted by Crippen LogP contribution is -2.88. The van der Waals surface area contributed by atoms with Crippen molar-refractivity contribution in [3.8, 4) is 0 Å². The quantitative estimate of drug-likeness (QED) is 0.217. The van der Waals surface area contributed by atoms with Gasteiger partial charge in [0.2, 0.25) is 11.6 Å².